The fraction of sp³-hybridized carbons (Fsp3) is 0.417. The maximum absolute atomic E-state index is 14.0. The number of aryl methyl sites for hydroxylation is 1. The summed E-state index contributed by atoms with van der Waals surface area (Å²) in [6, 6.07) is 16.3. The minimum atomic E-state index is -0.409. The van der Waals surface area contributed by atoms with E-state index in [1.54, 1.807) is 6.26 Å². The van der Waals surface area contributed by atoms with E-state index < -0.39 is 5.41 Å². The van der Waals surface area contributed by atoms with Crippen LogP contribution in [0.15, 0.2) is 65.4 Å². The van der Waals surface area contributed by atoms with Crippen LogP contribution >= 0.6 is 0 Å². The molecule has 0 radical (unpaired) electrons. The van der Waals surface area contributed by atoms with Crippen molar-refractivity contribution in [3.8, 4) is 0 Å². The summed E-state index contributed by atoms with van der Waals surface area (Å²) in [5.41, 5.74) is 1.92. The number of hydrogen-bond acceptors (Lipinski definition) is 4. The highest BCUT2D eigenvalue weighted by atomic mass is 16.3. The summed E-state index contributed by atoms with van der Waals surface area (Å²) in [5.74, 6) is 1.36. The van der Waals surface area contributed by atoms with Gasteiger partial charge in [0.25, 0.3) is 0 Å². The van der Waals surface area contributed by atoms with Gasteiger partial charge < -0.3 is 9.32 Å². The molecule has 0 aliphatic carbocycles. The molecule has 2 aromatic heterocycles. The summed E-state index contributed by atoms with van der Waals surface area (Å²) in [7, 11) is 1.98. The molecule has 0 N–H and O–H groups in total. The van der Waals surface area contributed by atoms with Gasteiger partial charge >= 0.3 is 0 Å². The van der Waals surface area contributed by atoms with Gasteiger partial charge in [-0.1, -0.05) is 30.3 Å². The normalized spacial score (nSPS) is 24.8. The third kappa shape index (κ3) is 3.35. The van der Waals surface area contributed by atoms with Crippen molar-refractivity contribution in [2.24, 2.45) is 12.5 Å². The number of piperidine rings is 1. The van der Waals surface area contributed by atoms with Gasteiger partial charge in [-0.25, -0.2) is 0 Å². The molecule has 4 heterocycles. The molecule has 2 atom stereocenters. The van der Waals surface area contributed by atoms with Gasteiger partial charge in [-0.05, 0) is 36.6 Å². The smallest absolute Gasteiger partial charge is 0.231 e. The number of carbonyl (C=O) groups is 1. The Morgan fingerprint density at radius 2 is 2.00 bits per heavy atom. The lowest BCUT2D eigenvalue weighted by molar-refractivity contribution is -0.147. The van der Waals surface area contributed by atoms with Crippen LogP contribution in [0.25, 0.3) is 0 Å². The Morgan fingerprint density at radius 1 is 1.13 bits per heavy atom. The minimum absolute atomic E-state index is 0.131. The first-order chi connectivity index (χ1) is 14.7. The molecule has 1 amide bonds. The highest BCUT2D eigenvalue weighted by Crippen LogP contribution is 2.49. The topological polar surface area (TPSA) is 54.5 Å². The number of likely N-dealkylation sites (tertiary alicyclic amines) is 2. The number of amides is 1. The number of furan rings is 1. The molecule has 6 heteroatoms. The standard InChI is InChI=1S/C24H28N4O2/c1-26-22(10-12-25-26)21-17-27(16-20-9-5-14-30-20)18-24(21)11-6-13-28(23(24)29)15-19-7-3-2-4-8-19/h2-5,7-10,12,14,21H,6,11,13,15-18H2,1H3/t21-,24+/m0/s1. The van der Waals surface area contributed by atoms with Gasteiger partial charge in [-0.3, -0.25) is 14.4 Å². The zero-order chi connectivity index (χ0) is 20.6. The van der Waals surface area contributed by atoms with Crippen molar-refractivity contribution in [3.63, 3.8) is 0 Å². The fourth-order valence-corrected chi connectivity index (χ4v) is 5.39. The van der Waals surface area contributed by atoms with Crippen molar-refractivity contribution in [2.45, 2.75) is 31.8 Å². The number of benzene rings is 1. The van der Waals surface area contributed by atoms with Gasteiger partial charge in [-0.2, -0.15) is 5.10 Å². The number of carbonyl (C=O) groups excluding carboxylic acids is 1. The fourth-order valence-electron chi connectivity index (χ4n) is 5.39. The number of nitrogens with zero attached hydrogens (tertiary/aromatic N) is 4. The van der Waals surface area contributed by atoms with Gasteiger partial charge in [0.15, 0.2) is 0 Å². The van der Waals surface area contributed by atoms with Crippen LogP contribution in [0.3, 0.4) is 0 Å². The average molecular weight is 405 g/mol. The summed E-state index contributed by atoms with van der Waals surface area (Å²) >= 11 is 0. The highest BCUT2D eigenvalue weighted by molar-refractivity contribution is 5.85. The van der Waals surface area contributed by atoms with Crippen LogP contribution < -0.4 is 0 Å². The SMILES string of the molecule is Cn1nccc1[C@@H]1CN(Cc2ccco2)C[C@]12CCCN(Cc1ccccc1)C2=O. The van der Waals surface area contributed by atoms with E-state index in [-0.39, 0.29) is 11.8 Å². The molecule has 0 saturated carbocycles. The Labute approximate surface area is 177 Å². The molecule has 30 heavy (non-hydrogen) atoms. The molecule has 3 aromatic rings. The molecule has 6 nitrogen and oxygen atoms in total. The molecular formula is C24H28N4O2. The van der Waals surface area contributed by atoms with Gasteiger partial charge in [0.2, 0.25) is 5.91 Å². The summed E-state index contributed by atoms with van der Waals surface area (Å²) in [6.07, 6.45) is 5.50. The molecule has 5 rings (SSSR count). The molecule has 156 valence electrons. The lowest BCUT2D eigenvalue weighted by Gasteiger charge is -2.42. The van der Waals surface area contributed by atoms with E-state index in [2.05, 4.69) is 33.1 Å². The van der Waals surface area contributed by atoms with Crippen molar-refractivity contribution in [2.75, 3.05) is 19.6 Å². The Hall–Kier alpha value is -2.86. The quantitative estimate of drug-likeness (QED) is 0.654. The molecular weight excluding hydrogens is 376 g/mol. The monoisotopic (exact) mass is 404 g/mol. The summed E-state index contributed by atoms with van der Waals surface area (Å²) < 4.78 is 7.53. The Morgan fingerprint density at radius 3 is 2.73 bits per heavy atom. The molecule has 2 aliphatic rings. The van der Waals surface area contributed by atoms with E-state index in [4.69, 9.17) is 4.42 Å². The van der Waals surface area contributed by atoms with Crippen molar-refractivity contribution in [1.82, 2.24) is 19.6 Å². The maximum atomic E-state index is 14.0. The Kier molecular flexibility index (Phi) is 4.95. The predicted molar refractivity (Wildman–Crippen MR) is 113 cm³/mol. The van der Waals surface area contributed by atoms with E-state index in [9.17, 15) is 4.79 Å². The van der Waals surface area contributed by atoms with Crippen molar-refractivity contribution in [3.05, 3.63) is 78.0 Å². The minimum Gasteiger partial charge on any atom is -0.468 e. The Bertz CT molecular complexity index is 997. The van der Waals surface area contributed by atoms with Crippen LogP contribution in [0, 0.1) is 5.41 Å². The van der Waals surface area contributed by atoms with Crippen LogP contribution in [0.2, 0.25) is 0 Å². The third-order valence-corrected chi connectivity index (χ3v) is 6.77. The summed E-state index contributed by atoms with van der Waals surface area (Å²) in [4.78, 5) is 18.4. The summed E-state index contributed by atoms with van der Waals surface area (Å²) in [6.45, 7) is 3.83. The predicted octanol–water partition coefficient (Wildman–Crippen LogP) is 3.42. The van der Waals surface area contributed by atoms with Gasteiger partial charge in [0, 0.05) is 51.0 Å². The lowest BCUT2D eigenvalue weighted by atomic mass is 9.70. The van der Waals surface area contributed by atoms with Gasteiger partial charge in [0.05, 0.1) is 18.2 Å². The summed E-state index contributed by atoms with van der Waals surface area (Å²) in [5, 5.41) is 4.41. The first-order valence-corrected chi connectivity index (χ1v) is 10.7. The Balaban J connectivity index is 1.46. The largest absolute Gasteiger partial charge is 0.468 e. The van der Waals surface area contributed by atoms with E-state index in [1.807, 2.05) is 48.3 Å². The van der Waals surface area contributed by atoms with Crippen LogP contribution in [-0.2, 0) is 24.9 Å². The van der Waals surface area contributed by atoms with Crippen molar-refractivity contribution < 1.29 is 9.21 Å². The van der Waals surface area contributed by atoms with Crippen molar-refractivity contribution >= 4 is 5.91 Å². The van der Waals surface area contributed by atoms with Crippen LogP contribution in [0.4, 0.5) is 0 Å². The molecule has 2 fully saturated rings. The van der Waals surface area contributed by atoms with Gasteiger partial charge in [0.1, 0.15) is 5.76 Å². The molecule has 2 saturated heterocycles. The van der Waals surface area contributed by atoms with E-state index >= 15 is 0 Å². The second-order valence-corrected chi connectivity index (χ2v) is 8.65. The lowest BCUT2D eigenvalue weighted by Crippen LogP contribution is -2.52. The number of rotatable bonds is 5. The van der Waals surface area contributed by atoms with Crippen molar-refractivity contribution in [1.29, 1.82) is 0 Å². The maximum Gasteiger partial charge on any atom is 0.231 e. The number of hydrogen-bond donors (Lipinski definition) is 0. The first-order valence-electron chi connectivity index (χ1n) is 10.7. The molecule has 0 bridgehead atoms. The van der Waals surface area contributed by atoms with Gasteiger partial charge in [-0.15, -0.1) is 0 Å². The molecule has 2 aliphatic heterocycles. The third-order valence-electron chi connectivity index (χ3n) is 6.77. The van der Waals surface area contributed by atoms with E-state index in [0.717, 1.165) is 50.5 Å². The average Bonchev–Trinajstić information content (AvgIpc) is 3.48. The second-order valence-electron chi connectivity index (χ2n) is 8.65. The molecule has 1 spiro atoms. The first kappa shape index (κ1) is 19.1. The van der Waals surface area contributed by atoms with Crippen LogP contribution in [-0.4, -0.2) is 45.1 Å². The van der Waals surface area contributed by atoms with Crippen LogP contribution in [0.5, 0.6) is 0 Å². The van der Waals surface area contributed by atoms with Crippen LogP contribution in [0.1, 0.15) is 35.8 Å². The zero-order valence-corrected chi connectivity index (χ0v) is 17.4. The highest BCUT2D eigenvalue weighted by Gasteiger charge is 2.55. The second kappa shape index (κ2) is 7.76. The zero-order valence-electron chi connectivity index (χ0n) is 17.4. The van der Waals surface area contributed by atoms with E-state index in [1.165, 1.54) is 5.56 Å². The number of aromatic nitrogens is 2. The molecule has 0 unspecified atom stereocenters. The van der Waals surface area contributed by atoms with E-state index in [0.29, 0.717) is 6.54 Å². The molecule has 1 aromatic carbocycles.